The molecule has 0 radical (unpaired) electrons. The molecule has 4 rings (SSSR count). The van der Waals surface area contributed by atoms with E-state index in [1.54, 1.807) is 40.7 Å². The van der Waals surface area contributed by atoms with Gasteiger partial charge < -0.3 is 5.32 Å². The van der Waals surface area contributed by atoms with Crippen molar-refractivity contribution < 1.29 is 8.42 Å². The number of piperidine rings is 1. The highest BCUT2D eigenvalue weighted by Crippen LogP contribution is 2.23. The second-order valence-corrected chi connectivity index (χ2v) is 9.38. The maximum absolute atomic E-state index is 12.9. The molecule has 1 aliphatic rings. The lowest BCUT2D eigenvalue weighted by Gasteiger charge is -2.26. The number of nitrogens with zero attached hydrogens (tertiary/aromatic N) is 3. The van der Waals surface area contributed by atoms with Crippen molar-refractivity contribution in [2.75, 3.05) is 18.4 Å². The van der Waals surface area contributed by atoms with Gasteiger partial charge >= 0.3 is 0 Å². The lowest BCUT2D eigenvalue weighted by molar-refractivity contribution is 0.346. The molecule has 29 heavy (non-hydrogen) atoms. The fourth-order valence-electron chi connectivity index (χ4n) is 3.43. The third-order valence-corrected chi connectivity index (χ3v) is 7.06. The first-order valence-corrected chi connectivity index (χ1v) is 11.3. The average Bonchev–Trinajstić information content (AvgIpc) is 2.74. The second-order valence-electron chi connectivity index (χ2n) is 7.01. The predicted octanol–water partition coefficient (Wildman–Crippen LogP) is 3.13. The maximum Gasteiger partial charge on any atom is 0.258 e. The molecule has 7 nitrogen and oxygen atoms in total. The summed E-state index contributed by atoms with van der Waals surface area (Å²) < 4.78 is 28.7. The Morgan fingerprint density at radius 1 is 1.07 bits per heavy atom. The minimum atomic E-state index is -3.50. The number of halogens is 1. The molecule has 0 bridgehead atoms. The van der Waals surface area contributed by atoms with E-state index in [4.69, 9.17) is 11.6 Å². The van der Waals surface area contributed by atoms with Gasteiger partial charge in [-0.25, -0.2) is 13.4 Å². The number of anilines is 1. The van der Waals surface area contributed by atoms with Crippen molar-refractivity contribution in [1.29, 1.82) is 0 Å². The van der Waals surface area contributed by atoms with Crippen LogP contribution in [0.5, 0.6) is 0 Å². The molecule has 1 aliphatic heterocycles. The summed E-state index contributed by atoms with van der Waals surface area (Å²) in [5.41, 5.74) is 1.48. The van der Waals surface area contributed by atoms with Crippen LogP contribution < -0.4 is 10.9 Å². The van der Waals surface area contributed by atoms with Crippen LogP contribution in [0.15, 0.2) is 58.4 Å². The van der Waals surface area contributed by atoms with Gasteiger partial charge in [-0.2, -0.15) is 4.31 Å². The number of benzene rings is 1. The first-order chi connectivity index (χ1) is 13.9. The molecule has 0 amide bonds. The summed E-state index contributed by atoms with van der Waals surface area (Å²) >= 11 is 5.93. The van der Waals surface area contributed by atoms with E-state index in [-0.39, 0.29) is 10.5 Å². The molecule has 0 aliphatic carbocycles. The number of sulfonamides is 1. The summed E-state index contributed by atoms with van der Waals surface area (Å²) in [5, 5.41) is 3.62. The number of hydrogen-bond donors (Lipinski definition) is 1. The van der Waals surface area contributed by atoms with Crippen molar-refractivity contribution in [2.45, 2.75) is 30.7 Å². The molecule has 1 saturated heterocycles. The Kier molecular flexibility index (Phi) is 5.58. The third-order valence-electron chi connectivity index (χ3n) is 4.94. The van der Waals surface area contributed by atoms with Gasteiger partial charge in [0.05, 0.1) is 22.2 Å². The number of nitrogens with one attached hydrogen (secondary N) is 1. The molecule has 0 spiro atoms. The smallest absolute Gasteiger partial charge is 0.258 e. The van der Waals surface area contributed by atoms with Crippen LogP contribution in [0.4, 0.5) is 5.69 Å². The summed E-state index contributed by atoms with van der Waals surface area (Å²) in [5.74, 6) is 0. The second kappa shape index (κ2) is 8.14. The standard InChI is InChI=1S/C20H21ClN4O3S/c21-15-7-8-19-23-17(12-20(26)25(19)14-15)13-22-16-5-4-6-18(11-16)29(27,28)24-9-2-1-3-10-24/h4-8,11-12,14,22H,1-3,9-10,13H2. The van der Waals surface area contributed by atoms with Gasteiger partial charge in [0.1, 0.15) is 5.65 Å². The summed E-state index contributed by atoms with van der Waals surface area (Å²) in [6.07, 6.45) is 4.38. The van der Waals surface area contributed by atoms with E-state index >= 15 is 0 Å². The van der Waals surface area contributed by atoms with Crippen LogP contribution in [0.2, 0.25) is 5.02 Å². The predicted molar refractivity (Wildman–Crippen MR) is 113 cm³/mol. The first-order valence-electron chi connectivity index (χ1n) is 9.45. The summed E-state index contributed by atoms with van der Waals surface area (Å²) in [7, 11) is -3.50. The van der Waals surface area contributed by atoms with Gasteiger partial charge in [-0.1, -0.05) is 24.1 Å². The van der Waals surface area contributed by atoms with Gasteiger partial charge in [-0.15, -0.1) is 0 Å². The topological polar surface area (TPSA) is 83.8 Å². The van der Waals surface area contributed by atoms with Crippen molar-refractivity contribution in [3.8, 4) is 0 Å². The zero-order valence-corrected chi connectivity index (χ0v) is 17.3. The van der Waals surface area contributed by atoms with Crippen LogP contribution >= 0.6 is 11.6 Å². The van der Waals surface area contributed by atoms with Crippen molar-refractivity contribution in [3.05, 3.63) is 69.7 Å². The Hall–Kier alpha value is -2.42. The molecule has 1 N–H and O–H groups in total. The van der Waals surface area contributed by atoms with Gasteiger partial charge in [-0.05, 0) is 43.2 Å². The van der Waals surface area contributed by atoms with E-state index in [1.165, 1.54) is 16.7 Å². The molecular formula is C20H21ClN4O3S. The molecule has 3 aromatic rings. The lowest BCUT2D eigenvalue weighted by atomic mass is 10.2. The van der Waals surface area contributed by atoms with Crippen LogP contribution in [0.3, 0.4) is 0 Å². The summed E-state index contributed by atoms with van der Waals surface area (Å²) in [6, 6.07) is 11.5. The molecule has 1 aromatic carbocycles. The number of pyridine rings is 1. The zero-order chi connectivity index (χ0) is 20.4. The fourth-order valence-corrected chi connectivity index (χ4v) is 5.15. The summed E-state index contributed by atoms with van der Waals surface area (Å²) in [6.45, 7) is 1.42. The Morgan fingerprint density at radius 3 is 2.66 bits per heavy atom. The van der Waals surface area contributed by atoms with Crippen molar-refractivity contribution in [1.82, 2.24) is 13.7 Å². The fraction of sp³-hybridized carbons (Fsp3) is 0.300. The van der Waals surface area contributed by atoms with Crippen LogP contribution in [0, 0.1) is 0 Å². The molecule has 9 heteroatoms. The minimum absolute atomic E-state index is 0.226. The van der Waals surface area contributed by atoms with E-state index in [2.05, 4.69) is 10.3 Å². The van der Waals surface area contributed by atoms with E-state index in [9.17, 15) is 13.2 Å². The molecule has 3 heterocycles. The van der Waals surface area contributed by atoms with Gasteiger partial charge in [0, 0.05) is 31.0 Å². The largest absolute Gasteiger partial charge is 0.379 e. The van der Waals surface area contributed by atoms with Crippen LogP contribution in [-0.2, 0) is 16.6 Å². The van der Waals surface area contributed by atoms with Gasteiger partial charge in [0.2, 0.25) is 10.0 Å². The highest BCUT2D eigenvalue weighted by molar-refractivity contribution is 7.89. The highest BCUT2D eigenvalue weighted by atomic mass is 35.5. The number of hydrogen-bond acceptors (Lipinski definition) is 5. The minimum Gasteiger partial charge on any atom is -0.379 e. The molecule has 1 fully saturated rings. The van der Waals surface area contributed by atoms with Crippen LogP contribution in [0.1, 0.15) is 25.0 Å². The molecule has 0 atom stereocenters. The molecule has 0 saturated carbocycles. The Balaban J connectivity index is 1.54. The molecule has 2 aromatic heterocycles. The van der Waals surface area contributed by atoms with E-state index in [0.29, 0.717) is 41.7 Å². The van der Waals surface area contributed by atoms with Crippen molar-refractivity contribution >= 4 is 33.0 Å². The van der Waals surface area contributed by atoms with Crippen LogP contribution in [-0.4, -0.2) is 35.2 Å². The SMILES string of the molecule is O=c1cc(CNc2cccc(S(=O)(=O)N3CCCCC3)c2)nc2ccc(Cl)cn12. The first kappa shape index (κ1) is 19.9. The average molecular weight is 433 g/mol. The highest BCUT2D eigenvalue weighted by Gasteiger charge is 2.25. The summed E-state index contributed by atoms with van der Waals surface area (Å²) in [4.78, 5) is 17.0. The van der Waals surface area contributed by atoms with Crippen molar-refractivity contribution in [2.24, 2.45) is 0 Å². The maximum atomic E-state index is 12.9. The number of rotatable bonds is 5. The van der Waals surface area contributed by atoms with E-state index < -0.39 is 10.0 Å². The van der Waals surface area contributed by atoms with Crippen LogP contribution in [0.25, 0.3) is 5.65 Å². The third kappa shape index (κ3) is 4.29. The number of fused-ring (bicyclic) bond motifs is 1. The Morgan fingerprint density at radius 2 is 1.86 bits per heavy atom. The lowest BCUT2D eigenvalue weighted by Crippen LogP contribution is -2.35. The van der Waals surface area contributed by atoms with Crippen molar-refractivity contribution in [3.63, 3.8) is 0 Å². The van der Waals surface area contributed by atoms with E-state index in [0.717, 1.165) is 19.3 Å². The van der Waals surface area contributed by atoms with Gasteiger partial charge in [0.25, 0.3) is 5.56 Å². The Labute approximate surface area is 174 Å². The molecular weight excluding hydrogens is 412 g/mol. The number of aromatic nitrogens is 2. The van der Waals surface area contributed by atoms with Gasteiger partial charge in [0.15, 0.2) is 0 Å². The monoisotopic (exact) mass is 432 g/mol. The van der Waals surface area contributed by atoms with Gasteiger partial charge in [-0.3, -0.25) is 9.20 Å². The Bertz CT molecular complexity index is 1200. The van der Waals surface area contributed by atoms with E-state index in [1.807, 2.05) is 0 Å². The molecule has 152 valence electrons. The quantitative estimate of drug-likeness (QED) is 0.669. The molecule has 0 unspecified atom stereocenters. The zero-order valence-electron chi connectivity index (χ0n) is 15.7. The normalized spacial score (nSPS) is 15.5.